The number of halogens is 1. The number of aryl methyl sites for hydroxylation is 1. The summed E-state index contributed by atoms with van der Waals surface area (Å²) in [6.45, 7) is 3.89. The molecule has 1 unspecified atom stereocenters. The van der Waals surface area contributed by atoms with Crippen LogP contribution in [0.1, 0.15) is 18.1 Å². The molecule has 0 bridgehead atoms. The van der Waals surface area contributed by atoms with Crippen molar-refractivity contribution in [2.75, 3.05) is 17.4 Å². The summed E-state index contributed by atoms with van der Waals surface area (Å²) in [4.78, 5) is 13.0. The molecule has 0 heterocycles. The summed E-state index contributed by atoms with van der Waals surface area (Å²) >= 11 is 0. The zero-order chi connectivity index (χ0) is 25.7. The van der Waals surface area contributed by atoms with E-state index in [-0.39, 0.29) is 16.5 Å². The highest BCUT2D eigenvalue weighted by Crippen LogP contribution is 2.24. The van der Waals surface area contributed by atoms with Crippen molar-refractivity contribution < 1.29 is 17.6 Å². The van der Waals surface area contributed by atoms with Crippen LogP contribution in [0.5, 0.6) is 0 Å². The molecular formula is C29H29FN2O3S. The van der Waals surface area contributed by atoms with Gasteiger partial charge in [-0.05, 0) is 72.0 Å². The normalized spacial score (nSPS) is 12.3. The smallest absolute Gasteiger partial charge is 0.264 e. The molecule has 0 aromatic heterocycles. The highest BCUT2D eigenvalue weighted by molar-refractivity contribution is 7.92. The number of nitrogens with one attached hydrogen (secondary N) is 1. The number of carbonyl (C=O) groups excluding carboxylic acids is 1. The monoisotopic (exact) mass is 504 g/mol. The van der Waals surface area contributed by atoms with Crippen LogP contribution in [0.3, 0.4) is 0 Å². The van der Waals surface area contributed by atoms with Gasteiger partial charge in [0.2, 0.25) is 5.91 Å². The van der Waals surface area contributed by atoms with Gasteiger partial charge in [-0.1, -0.05) is 67.1 Å². The predicted molar refractivity (Wildman–Crippen MR) is 142 cm³/mol. The van der Waals surface area contributed by atoms with E-state index in [1.165, 1.54) is 52.7 Å². The summed E-state index contributed by atoms with van der Waals surface area (Å²) in [5, 5.41) is 5.23. The second-order valence-corrected chi connectivity index (χ2v) is 10.9. The Morgan fingerprint density at radius 1 is 0.917 bits per heavy atom. The number of hydrogen-bond acceptors (Lipinski definition) is 3. The van der Waals surface area contributed by atoms with E-state index in [1.54, 1.807) is 12.1 Å². The van der Waals surface area contributed by atoms with E-state index in [4.69, 9.17) is 0 Å². The van der Waals surface area contributed by atoms with Crippen molar-refractivity contribution in [1.82, 2.24) is 5.32 Å². The number of amides is 1. The minimum absolute atomic E-state index is 0.0644. The number of carbonyl (C=O) groups is 1. The Balaban J connectivity index is 1.47. The lowest BCUT2D eigenvalue weighted by Gasteiger charge is -2.24. The molecule has 36 heavy (non-hydrogen) atoms. The quantitative estimate of drug-likeness (QED) is 0.328. The molecule has 7 heteroatoms. The molecule has 0 saturated carbocycles. The molecule has 1 N–H and O–H groups in total. The van der Waals surface area contributed by atoms with Crippen molar-refractivity contribution >= 4 is 32.4 Å². The van der Waals surface area contributed by atoms with Crippen LogP contribution in [0.4, 0.5) is 10.1 Å². The average molecular weight is 505 g/mol. The molecule has 0 spiro atoms. The van der Waals surface area contributed by atoms with Crippen LogP contribution in [0.15, 0.2) is 95.9 Å². The van der Waals surface area contributed by atoms with Gasteiger partial charge < -0.3 is 5.32 Å². The Bertz CT molecular complexity index is 1450. The van der Waals surface area contributed by atoms with E-state index in [1.807, 2.05) is 32.0 Å². The van der Waals surface area contributed by atoms with Crippen LogP contribution in [0.2, 0.25) is 0 Å². The summed E-state index contributed by atoms with van der Waals surface area (Å²) in [5.74, 6) is -0.786. The fourth-order valence-electron chi connectivity index (χ4n) is 4.15. The third-order valence-electron chi connectivity index (χ3n) is 6.11. The Kier molecular flexibility index (Phi) is 7.70. The number of nitrogens with zero attached hydrogens (tertiary/aromatic N) is 1. The molecule has 186 valence electrons. The van der Waals surface area contributed by atoms with Crippen LogP contribution >= 0.6 is 0 Å². The molecule has 4 aromatic rings. The summed E-state index contributed by atoms with van der Waals surface area (Å²) < 4.78 is 41.4. The molecule has 1 atom stereocenters. The van der Waals surface area contributed by atoms with E-state index < -0.39 is 28.3 Å². The van der Waals surface area contributed by atoms with Gasteiger partial charge in [-0.25, -0.2) is 12.8 Å². The van der Waals surface area contributed by atoms with Crippen molar-refractivity contribution in [3.8, 4) is 0 Å². The van der Waals surface area contributed by atoms with Gasteiger partial charge in [0.25, 0.3) is 10.0 Å². The molecule has 4 rings (SSSR count). The van der Waals surface area contributed by atoms with Crippen molar-refractivity contribution in [3.05, 3.63) is 108 Å². The molecule has 4 aromatic carbocycles. The molecule has 0 fully saturated rings. The summed E-state index contributed by atoms with van der Waals surface area (Å²) in [6, 6.07) is 25.9. The Hall–Kier alpha value is -3.71. The van der Waals surface area contributed by atoms with E-state index >= 15 is 0 Å². The van der Waals surface area contributed by atoms with Gasteiger partial charge in [-0.15, -0.1) is 0 Å². The second-order valence-electron chi connectivity index (χ2n) is 9.05. The summed E-state index contributed by atoms with van der Waals surface area (Å²) in [5.41, 5.74) is 2.33. The first-order valence-corrected chi connectivity index (χ1v) is 13.3. The number of rotatable bonds is 9. The van der Waals surface area contributed by atoms with Crippen LogP contribution in [0.25, 0.3) is 10.8 Å². The molecular weight excluding hydrogens is 475 g/mol. The standard InChI is InChI=1S/C29H29FN2O3S/c1-21-10-16-27(17-11-21)36(34,35)32(26-14-12-25(30)13-15-26)20-29(33)31-19-22(2)18-24-8-5-7-23-6-3-4-9-28(23)24/h3-17,22H,18-20H2,1-2H3,(H,31,33). The lowest BCUT2D eigenvalue weighted by atomic mass is 9.96. The first kappa shape index (κ1) is 25.4. The predicted octanol–water partition coefficient (Wildman–Crippen LogP) is 5.48. The zero-order valence-corrected chi connectivity index (χ0v) is 21.1. The molecule has 0 aliphatic carbocycles. The second kappa shape index (κ2) is 10.9. The minimum Gasteiger partial charge on any atom is -0.354 e. The number of hydrogen-bond donors (Lipinski definition) is 1. The van der Waals surface area contributed by atoms with Gasteiger partial charge in [0.05, 0.1) is 10.6 Å². The lowest BCUT2D eigenvalue weighted by molar-refractivity contribution is -0.119. The average Bonchev–Trinajstić information content (AvgIpc) is 2.87. The molecule has 0 saturated heterocycles. The SMILES string of the molecule is Cc1ccc(S(=O)(=O)N(CC(=O)NCC(C)Cc2cccc3ccccc23)c2ccc(F)cc2)cc1. The molecule has 0 aliphatic heterocycles. The topological polar surface area (TPSA) is 66.5 Å². The fourth-order valence-corrected chi connectivity index (χ4v) is 5.57. The summed E-state index contributed by atoms with van der Waals surface area (Å²) in [6.07, 6.45) is 0.769. The maximum Gasteiger partial charge on any atom is 0.264 e. The van der Waals surface area contributed by atoms with E-state index in [9.17, 15) is 17.6 Å². The van der Waals surface area contributed by atoms with Crippen molar-refractivity contribution in [2.24, 2.45) is 5.92 Å². The highest BCUT2D eigenvalue weighted by Gasteiger charge is 2.27. The van der Waals surface area contributed by atoms with E-state index in [0.29, 0.717) is 6.54 Å². The Morgan fingerprint density at radius 3 is 2.31 bits per heavy atom. The summed E-state index contributed by atoms with van der Waals surface area (Å²) in [7, 11) is -4.04. The first-order valence-electron chi connectivity index (χ1n) is 11.8. The van der Waals surface area contributed by atoms with Gasteiger partial charge in [-0.2, -0.15) is 0 Å². The third kappa shape index (κ3) is 5.91. The molecule has 1 amide bonds. The van der Waals surface area contributed by atoms with Gasteiger partial charge >= 0.3 is 0 Å². The van der Waals surface area contributed by atoms with Crippen molar-refractivity contribution in [3.63, 3.8) is 0 Å². The van der Waals surface area contributed by atoms with Crippen molar-refractivity contribution in [1.29, 1.82) is 0 Å². The first-order chi connectivity index (χ1) is 17.2. The minimum atomic E-state index is -4.04. The van der Waals surface area contributed by atoms with Gasteiger partial charge in [0.1, 0.15) is 12.4 Å². The zero-order valence-electron chi connectivity index (χ0n) is 20.3. The van der Waals surface area contributed by atoms with Crippen LogP contribution in [0, 0.1) is 18.7 Å². The van der Waals surface area contributed by atoms with E-state index in [2.05, 4.69) is 29.6 Å². The third-order valence-corrected chi connectivity index (χ3v) is 7.89. The van der Waals surface area contributed by atoms with E-state index in [0.717, 1.165) is 16.3 Å². The molecule has 5 nitrogen and oxygen atoms in total. The van der Waals surface area contributed by atoms with Crippen LogP contribution in [-0.2, 0) is 21.2 Å². The van der Waals surface area contributed by atoms with Crippen molar-refractivity contribution in [2.45, 2.75) is 25.2 Å². The Labute approximate surface area is 211 Å². The fraction of sp³-hybridized carbons (Fsp3) is 0.207. The lowest BCUT2D eigenvalue weighted by Crippen LogP contribution is -2.42. The molecule has 0 aliphatic rings. The number of fused-ring (bicyclic) bond motifs is 1. The largest absolute Gasteiger partial charge is 0.354 e. The van der Waals surface area contributed by atoms with Crippen LogP contribution in [-0.4, -0.2) is 27.4 Å². The highest BCUT2D eigenvalue weighted by atomic mass is 32.2. The number of sulfonamides is 1. The maximum atomic E-state index is 13.5. The number of benzene rings is 4. The number of anilines is 1. The van der Waals surface area contributed by atoms with Gasteiger partial charge in [-0.3, -0.25) is 9.10 Å². The molecule has 0 radical (unpaired) electrons. The van der Waals surface area contributed by atoms with Gasteiger partial charge in [0.15, 0.2) is 0 Å². The Morgan fingerprint density at radius 2 is 1.58 bits per heavy atom. The van der Waals surface area contributed by atoms with Crippen LogP contribution < -0.4 is 9.62 Å². The maximum absolute atomic E-state index is 13.5. The van der Waals surface area contributed by atoms with Gasteiger partial charge in [0, 0.05) is 6.54 Å².